The van der Waals surface area contributed by atoms with Gasteiger partial charge in [-0.05, 0) is 46.4 Å². The molecule has 0 aliphatic carbocycles. The first kappa shape index (κ1) is 13.7. The van der Waals surface area contributed by atoms with Gasteiger partial charge >= 0.3 is 0 Å². The number of hydrogen-bond donors (Lipinski definition) is 1. The highest BCUT2D eigenvalue weighted by Crippen LogP contribution is 2.38. The van der Waals surface area contributed by atoms with E-state index in [-0.39, 0.29) is 11.1 Å². The van der Waals surface area contributed by atoms with Gasteiger partial charge in [0.15, 0.2) is 0 Å². The van der Waals surface area contributed by atoms with E-state index in [0.717, 1.165) is 19.6 Å². The first-order chi connectivity index (χ1) is 7.25. The molecule has 1 rings (SSSR count). The largest absolute Gasteiger partial charge is 0.312 e. The monoisotopic (exact) mass is 226 g/mol. The highest BCUT2D eigenvalue weighted by molar-refractivity contribution is 5.30. The van der Waals surface area contributed by atoms with Crippen LogP contribution in [0, 0.1) is 0 Å². The zero-order chi connectivity index (χ0) is 12.6. The molecule has 0 spiro atoms. The summed E-state index contributed by atoms with van der Waals surface area (Å²) in [6.07, 6.45) is 2.20. The number of rotatable bonds is 4. The lowest BCUT2D eigenvalue weighted by Crippen LogP contribution is -2.48. The van der Waals surface area contributed by atoms with E-state index in [1.807, 2.05) is 13.8 Å². The minimum atomic E-state index is -0.258. The van der Waals surface area contributed by atoms with E-state index in [2.05, 4.69) is 38.7 Å². The Bertz CT molecular complexity index is 278. The van der Waals surface area contributed by atoms with Crippen LogP contribution in [0.5, 0.6) is 0 Å². The molecular weight excluding hydrogens is 200 g/mol. The van der Waals surface area contributed by atoms with Gasteiger partial charge in [0.25, 0.3) is 0 Å². The zero-order valence-corrected chi connectivity index (χ0v) is 11.5. The summed E-state index contributed by atoms with van der Waals surface area (Å²) in [5.74, 6) is 0. The molecule has 94 valence electrons. The van der Waals surface area contributed by atoms with Gasteiger partial charge in [-0.15, -0.1) is 0 Å². The smallest absolute Gasteiger partial charge is 0.0635 e. The topological polar surface area (TPSA) is 26.7 Å². The third-order valence-electron chi connectivity index (χ3n) is 3.68. The molecule has 16 heavy (non-hydrogen) atoms. The summed E-state index contributed by atoms with van der Waals surface area (Å²) in [5, 5.41) is 11.6. The molecule has 0 atom stereocenters. The molecule has 0 amide bonds. The highest BCUT2D eigenvalue weighted by Gasteiger charge is 2.44. The van der Waals surface area contributed by atoms with Crippen molar-refractivity contribution in [3.05, 3.63) is 11.6 Å². The first-order valence-corrected chi connectivity index (χ1v) is 6.19. The van der Waals surface area contributed by atoms with Gasteiger partial charge in [-0.25, -0.2) is 0 Å². The lowest BCUT2D eigenvalue weighted by Gasteiger charge is -2.37. The predicted molar refractivity (Wildman–Crippen MR) is 67.7 cm³/mol. The van der Waals surface area contributed by atoms with E-state index in [9.17, 15) is 5.21 Å². The van der Waals surface area contributed by atoms with Crippen LogP contribution in [0.2, 0.25) is 0 Å². The van der Waals surface area contributed by atoms with E-state index >= 15 is 0 Å². The molecule has 0 fully saturated rings. The van der Waals surface area contributed by atoms with Crippen molar-refractivity contribution in [3.63, 3.8) is 0 Å². The fraction of sp³-hybridized carbons (Fsp3) is 0.846. The first-order valence-electron chi connectivity index (χ1n) is 6.19. The van der Waals surface area contributed by atoms with Crippen LogP contribution in [-0.2, 0) is 0 Å². The van der Waals surface area contributed by atoms with Crippen LogP contribution < -0.4 is 0 Å². The fourth-order valence-electron chi connectivity index (χ4n) is 2.45. The molecule has 1 N–H and O–H groups in total. The Hall–Kier alpha value is -0.380. The molecule has 0 saturated carbocycles. The summed E-state index contributed by atoms with van der Waals surface area (Å²) in [6, 6.07) is 0. The van der Waals surface area contributed by atoms with Crippen molar-refractivity contribution in [1.29, 1.82) is 0 Å². The van der Waals surface area contributed by atoms with Gasteiger partial charge in [0.05, 0.1) is 11.1 Å². The van der Waals surface area contributed by atoms with Crippen LogP contribution in [-0.4, -0.2) is 45.9 Å². The SMILES string of the molecule is CCN(CC)CC1=CC(C)(C)N(O)C1(C)C. The third-order valence-corrected chi connectivity index (χ3v) is 3.68. The van der Waals surface area contributed by atoms with Crippen molar-refractivity contribution < 1.29 is 5.21 Å². The number of nitrogens with zero attached hydrogens (tertiary/aromatic N) is 2. The molecule has 1 aliphatic rings. The molecule has 1 aliphatic heterocycles. The number of hydroxylamine groups is 2. The van der Waals surface area contributed by atoms with Crippen LogP contribution in [0.3, 0.4) is 0 Å². The third kappa shape index (κ3) is 2.31. The minimum absolute atomic E-state index is 0.258. The van der Waals surface area contributed by atoms with Crippen molar-refractivity contribution in [2.45, 2.75) is 52.6 Å². The maximum Gasteiger partial charge on any atom is 0.0635 e. The average Bonchev–Trinajstić information content (AvgIpc) is 2.36. The lowest BCUT2D eigenvalue weighted by molar-refractivity contribution is -0.185. The number of hydrogen-bond acceptors (Lipinski definition) is 3. The summed E-state index contributed by atoms with van der Waals surface area (Å²) >= 11 is 0. The average molecular weight is 226 g/mol. The molecule has 3 nitrogen and oxygen atoms in total. The molecule has 0 saturated heterocycles. The summed E-state index contributed by atoms with van der Waals surface area (Å²) in [7, 11) is 0. The molecule has 0 bridgehead atoms. The highest BCUT2D eigenvalue weighted by atomic mass is 16.5. The van der Waals surface area contributed by atoms with E-state index in [1.165, 1.54) is 10.6 Å². The molecule has 0 radical (unpaired) electrons. The van der Waals surface area contributed by atoms with Crippen LogP contribution in [0.1, 0.15) is 41.5 Å². The Morgan fingerprint density at radius 2 is 1.69 bits per heavy atom. The Labute approximate surface area is 99.7 Å². The predicted octanol–water partition coefficient (Wildman–Crippen LogP) is 2.52. The summed E-state index contributed by atoms with van der Waals surface area (Å²) in [4.78, 5) is 2.38. The molecule has 1 heterocycles. The van der Waals surface area contributed by atoms with E-state index in [1.54, 1.807) is 0 Å². The minimum Gasteiger partial charge on any atom is -0.312 e. The van der Waals surface area contributed by atoms with E-state index in [0.29, 0.717) is 0 Å². The molecule has 0 aromatic carbocycles. The van der Waals surface area contributed by atoms with Crippen LogP contribution in [0.25, 0.3) is 0 Å². The van der Waals surface area contributed by atoms with Gasteiger partial charge in [-0.3, -0.25) is 4.90 Å². The maximum atomic E-state index is 10.2. The Kier molecular flexibility index (Phi) is 3.83. The Morgan fingerprint density at radius 3 is 2.00 bits per heavy atom. The van der Waals surface area contributed by atoms with Gasteiger partial charge in [0.1, 0.15) is 0 Å². The maximum absolute atomic E-state index is 10.2. The van der Waals surface area contributed by atoms with Crippen LogP contribution in [0.15, 0.2) is 11.6 Å². The van der Waals surface area contributed by atoms with Crippen molar-refractivity contribution in [1.82, 2.24) is 9.96 Å². The molecular formula is C13H26N2O. The normalized spacial score (nSPS) is 23.9. The van der Waals surface area contributed by atoms with Crippen molar-refractivity contribution in [2.75, 3.05) is 19.6 Å². The van der Waals surface area contributed by atoms with Crippen LogP contribution in [0.4, 0.5) is 0 Å². The molecule has 0 aromatic rings. The second-order valence-corrected chi connectivity index (χ2v) is 5.66. The number of likely N-dealkylation sites (N-methyl/N-ethyl adjacent to an activating group) is 1. The van der Waals surface area contributed by atoms with Gasteiger partial charge in [-0.1, -0.05) is 19.9 Å². The molecule has 0 unspecified atom stereocenters. The fourth-order valence-corrected chi connectivity index (χ4v) is 2.45. The van der Waals surface area contributed by atoms with E-state index < -0.39 is 0 Å². The standard InChI is InChI=1S/C13H26N2O/c1-7-14(8-2)10-11-9-12(3,4)15(16)13(11,5)6/h9,16H,7-8,10H2,1-6H3. The zero-order valence-electron chi connectivity index (χ0n) is 11.5. The quantitative estimate of drug-likeness (QED) is 0.746. The second-order valence-electron chi connectivity index (χ2n) is 5.66. The van der Waals surface area contributed by atoms with Crippen molar-refractivity contribution in [2.24, 2.45) is 0 Å². The Balaban J connectivity index is 2.88. The van der Waals surface area contributed by atoms with Gasteiger partial charge < -0.3 is 5.21 Å². The lowest BCUT2D eigenvalue weighted by atomic mass is 9.96. The second kappa shape index (κ2) is 4.47. The van der Waals surface area contributed by atoms with Gasteiger partial charge in [-0.2, -0.15) is 5.06 Å². The molecule has 3 heteroatoms. The van der Waals surface area contributed by atoms with Crippen molar-refractivity contribution in [3.8, 4) is 0 Å². The molecule has 0 aromatic heterocycles. The summed E-state index contributed by atoms with van der Waals surface area (Å²) in [5.41, 5.74) is 0.793. The van der Waals surface area contributed by atoms with Gasteiger partial charge in [0.2, 0.25) is 0 Å². The van der Waals surface area contributed by atoms with Crippen LogP contribution >= 0.6 is 0 Å². The van der Waals surface area contributed by atoms with Gasteiger partial charge in [0, 0.05) is 6.54 Å². The van der Waals surface area contributed by atoms with E-state index in [4.69, 9.17) is 0 Å². The summed E-state index contributed by atoms with van der Waals surface area (Å²) < 4.78 is 0. The Morgan fingerprint density at radius 1 is 1.19 bits per heavy atom. The summed E-state index contributed by atoms with van der Waals surface area (Å²) in [6.45, 7) is 15.6. The van der Waals surface area contributed by atoms with Crippen molar-refractivity contribution >= 4 is 0 Å².